The molecule has 3 heteroatoms. The number of fused-ring (bicyclic) bond motifs is 5. The van der Waals surface area contributed by atoms with Crippen LogP contribution >= 0.6 is 0 Å². The van der Waals surface area contributed by atoms with Crippen LogP contribution in [0.25, 0.3) is 44.5 Å². The van der Waals surface area contributed by atoms with Crippen LogP contribution in [0.4, 0.5) is 11.4 Å². The van der Waals surface area contributed by atoms with Crippen molar-refractivity contribution in [2.24, 2.45) is 10.7 Å². The average Bonchev–Trinajstić information content (AvgIpc) is 3.10. The van der Waals surface area contributed by atoms with E-state index in [0.717, 1.165) is 50.3 Å². The summed E-state index contributed by atoms with van der Waals surface area (Å²) in [5, 5.41) is 0. The van der Waals surface area contributed by atoms with Crippen LogP contribution in [0.3, 0.4) is 0 Å². The zero-order valence-corrected chi connectivity index (χ0v) is 21.0. The standard InChI is InChI=1S/C35H27N3/c1-2-3-23-37-35(36)38-33-22-21-27(25-13-6-4-7-14-25)24-32(33)30-18-11-10-17-29(30)31-20-12-19-28(34(31)38)26-15-8-5-9-16-26/h2-24H,1H2,(H2,36,37)/b23-3-. The summed E-state index contributed by atoms with van der Waals surface area (Å²) in [5.41, 5.74) is 17.8. The lowest BCUT2D eigenvalue weighted by Gasteiger charge is -2.28. The van der Waals surface area contributed by atoms with E-state index in [-0.39, 0.29) is 0 Å². The molecule has 0 saturated heterocycles. The number of hydrogen-bond donors (Lipinski definition) is 1. The van der Waals surface area contributed by atoms with Gasteiger partial charge in [-0.2, -0.15) is 0 Å². The van der Waals surface area contributed by atoms with Gasteiger partial charge in [-0.25, -0.2) is 4.99 Å². The summed E-state index contributed by atoms with van der Waals surface area (Å²) >= 11 is 0. The Kier molecular flexibility index (Phi) is 6.17. The Labute approximate surface area is 223 Å². The predicted molar refractivity (Wildman–Crippen MR) is 161 cm³/mol. The number of hydrogen-bond acceptors (Lipinski definition) is 1. The molecule has 38 heavy (non-hydrogen) atoms. The predicted octanol–water partition coefficient (Wildman–Crippen LogP) is 8.82. The normalized spacial score (nSPS) is 12.4. The van der Waals surface area contributed by atoms with E-state index in [1.54, 1.807) is 18.4 Å². The fourth-order valence-electron chi connectivity index (χ4n) is 5.16. The highest BCUT2D eigenvalue weighted by Gasteiger charge is 2.29. The lowest BCUT2D eigenvalue weighted by Crippen LogP contribution is -2.34. The van der Waals surface area contributed by atoms with Gasteiger partial charge < -0.3 is 5.73 Å². The van der Waals surface area contributed by atoms with Gasteiger partial charge in [0.15, 0.2) is 0 Å². The van der Waals surface area contributed by atoms with Crippen molar-refractivity contribution in [2.75, 3.05) is 4.90 Å². The maximum Gasteiger partial charge on any atom is 0.205 e. The number of nitrogens with zero attached hydrogens (tertiary/aromatic N) is 2. The van der Waals surface area contributed by atoms with Gasteiger partial charge in [0.2, 0.25) is 5.96 Å². The van der Waals surface area contributed by atoms with Gasteiger partial charge >= 0.3 is 0 Å². The number of nitrogens with two attached hydrogens (primary N) is 1. The van der Waals surface area contributed by atoms with Crippen LogP contribution in [0.2, 0.25) is 0 Å². The molecule has 3 nitrogen and oxygen atoms in total. The monoisotopic (exact) mass is 489 g/mol. The van der Waals surface area contributed by atoms with Crippen molar-refractivity contribution < 1.29 is 0 Å². The van der Waals surface area contributed by atoms with Crippen LogP contribution in [0.15, 0.2) is 151 Å². The highest BCUT2D eigenvalue weighted by Crippen LogP contribution is 2.51. The van der Waals surface area contributed by atoms with E-state index in [4.69, 9.17) is 5.73 Å². The number of aliphatic imine (C=N–C) groups is 1. The number of anilines is 2. The fraction of sp³-hybridized carbons (Fsp3) is 0. The van der Waals surface area contributed by atoms with Gasteiger partial charge in [-0.3, -0.25) is 4.90 Å². The quantitative estimate of drug-likeness (QED) is 0.156. The molecule has 6 rings (SSSR count). The molecule has 182 valence electrons. The van der Waals surface area contributed by atoms with Crippen molar-refractivity contribution in [1.82, 2.24) is 0 Å². The summed E-state index contributed by atoms with van der Waals surface area (Å²) in [6, 6.07) is 42.5. The number of para-hydroxylation sites is 1. The summed E-state index contributed by atoms with van der Waals surface area (Å²) in [6.45, 7) is 3.77. The Morgan fingerprint density at radius 3 is 1.92 bits per heavy atom. The minimum absolute atomic E-state index is 0.384. The summed E-state index contributed by atoms with van der Waals surface area (Å²) in [4.78, 5) is 6.72. The van der Waals surface area contributed by atoms with E-state index in [9.17, 15) is 0 Å². The van der Waals surface area contributed by atoms with Crippen LogP contribution in [-0.2, 0) is 0 Å². The first-order chi connectivity index (χ1) is 18.8. The topological polar surface area (TPSA) is 41.6 Å². The minimum Gasteiger partial charge on any atom is -0.369 e. The zero-order valence-electron chi connectivity index (χ0n) is 21.0. The first-order valence-electron chi connectivity index (χ1n) is 12.6. The fourth-order valence-corrected chi connectivity index (χ4v) is 5.16. The van der Waals surface area contributed by atoms with Gasteiger partial charge in [0.25, 0.3) is 0 Å². The van der Waals surface area contributed by atoms with Gasteiger partial charge in [0.05, 0.1) is 11.4 Å². The second kappa shape index (κ2) is 10.1. The molecule has 1 heterocycles. The molecule has 0 aliphatic carbocycles. The third-order valence-electron chi connectivity index (χ3n) is 6.85. The van der Waals surface area contributed by atoms with Crippen LogP contribution in [0, 0.1) is 0 Å². The minimum atomic E-state index is 0.384. The van der Waals surface area contributed by atoms with Crippen LogP contribution in [-0.4, -0.2) is 5.96 Å². The maximum absolute atomic E-state index is 6.81. The highest BCUT2D eigenvalue weighted by atomic mass is 15.3. The Morgan fingerprint density at radius 1 is 0.605 bits per heavy atom. The zero-order chi connectivity index (χ0) is 25.9. The van der Waals surface area contributed by atoms with Crippen molar-refractivity contribution in [3.05, 3.63) is 146 Å². The molecule has 0 aromatic heterocycles. The molecule has 0 spiro atoms. The average molecular weight is 490 g/mol. The summed E-state index contributed by atoms with van der Waals surface area (Å²) in [7, 11) is 0. The van der Waals surface area contributed by atoms with E-state index < -0.39 is 0 Å². The van der Waals surface area contributed by atoms with E-state index in [1.165, 1.54) is 5.56 Å². The highest BCUT2D eigenvalue weighted by molar-refractivity contribution is 6.15. The third-order valence-corrected chi connectivity index (χ3v) is 6.85. The molecule has 0 atom stereocenters. The largest absolute Gasteiger partial charge is 0.369 e. The molecule has 0 amide bonds. The van der Waals surface area contributed by atoms with Crippen molar-refractivity contribution >= 4 is 17.3 Å². The second-order valence-electron chi connectivity index (χ2n) is 9.11. The smallest absolute Gasteiger partial charge is 0.205 e. The number of benzene rings is 5. The number of allylic oxidation sites excluding steroid dienone is 2. The maximum atomic E-state index is 6.81. The number of rotatable bonds is 4. The Morgan fingerprint density at radius 2 is 1.21 bits per heavy atom. The van der Waals surface area contributed by atoms with Crippen LogP contribution in [0.5, 0.6) is 0 Å². The van der Waals surface area contributed by atoms with Gasteiger partial charge in [0.1, 0.15) is 0 Å². The molecule has 5 aromatic carbocycles. The van der Waals surface area contributed by atoms with E-state index >= 15 is 0 Å². The van der Waals surface area contributed by atoms with Crippen LogP contribution < -0.4 is 10.6 Å². The molecule has 1 aliphatic heterocycles. The molecule has 0 fully saturated rings. The molecule has 0 saturated carbocycles. The lowest BCUT2D eigenvalue weighted by molar-refractivity contribution is 1.29. The van der Waals surface area contributed by atoms with E-state index in [0.29, 0.717) is 5.96 Å². The van der Waals surface area contributed by atoms with Gasteiger partial charge in [-0.15, -0.1) is 0 Å². The molecule has 0 radical (unpaired) electrons. The summed E-state index contributed by atoms with van der Waals surface area (Å²) < 4.78 is 0. The van der Waals surface area contributed by atoms with Gasteiger partial charge in [0, 0.05) is 22.9 Å². The third kappa shape index (κ3) is 4.10. The molecule has 0 bridgehead atoms. The molecule has 2 N–H and O–H groups in total. The molecule has 5 aromatic rings. The van der Waals surface area contributed by atoms with Crippen molar-refractivity contribution in [3.8, 4) is 44.5 Å². The van der Waals surface area contributed by atoms with Gasteiger partial charge in [-0.1, -0.05) is 122 Å². The van der Waals surface area contributed by atoms with Crippen molar-refractivity contribution in [2.45, 2.75) is 0 Å². The molecular formula is C35H27N3. The Bertz CT molecular complexity index is 1670. The summed E-state index contributed by atoms with van der Waals surface area (Å²) in [5.74, 6) is 0.384. The first-order valence-corrected chi connectivity index (χ1v) is 12.6. The lowest BCUT2D eigenvalue weighted by atomic mass is 9.91. The molecule has 1 aliphatic rings. The van der Waals surface area contributed by atoms with Gasteiger partial charge in [-0.05, 0) is 46.0 Å². The SMILES string of the molecule is C=C/C=C\N=C(/N)N1c2ccc(-c3ccccc3)cc2-c2ccccc2-c2cccc(-c3ccccc3)c21. The Balaban J connectivity index is 1.70. The van der Waals surface area contributed by atoms with Crippen molar-refractivity contribution in [3.63, 3.8) is 0 Å². The Hall–Kier alpha value is -5.15. The van der Waals surface area contributed by atoms with E-state index in [2.05, 4.69) is 126 Å². The second-order valence-corrected chi connectivity index (χ2v) is 9.11. The van der Waals surface area contributed by atoms with Crippen molar-refractivity contribution in [1.29, 1.82) is 0 Å². The number of guanidine groups is 1. The molecular weight excluding hydrogens is 462 g/mol. The van der Waals surface area contributed by atoms with Crippen LogP contribution in [0.1, 0.15) is 0 Å². The molecule has 0 unspecified atom stereocenters. The summed E-state index contributed by atoms with van der Waals surface area (Å²) in [6.07, 6.45) is 5.16. The first kappa shape index (κ1) is 23.3. The van der Waals surface area contributed by atoms with E-state index in [1.807, 2.05) is 12.1 Å².